The van der Waals surface area contributed by atoms with Crippen molar-refractivity contribution < 1.29 is 9.53 Å². The Labute approximate surface area is 162 Å². The average Bonchev–Trinajstić information content (AvgIpc) is 3.43. The van der Waals surface area contributed by atoms with Gasteiger partial charge in [-0.05, 0) is 36.6 Å². The van der Waals surface area contributed by atoms with Gasteiger partial charge in [0, 0.05) is 32.1 Å². The number of carbonyl (C=O) groups is 1. The van der Waals surface area contributed by atoms with Gasteiger partial charge in [0.1, 0.15) is 12.7 Å². The zero-order valence-electron chi connectivity index (χ0n) is 15.3. The first-order chi connectivity index (χ1) is 13.8. The first kappa shape index (κ1) is 18.1. The number of ether oxygens (including phenoxy) is 1. The van der Waals surface area contributed by atoms with E-state index in [0.29, 0.717) is 24.6 Å². The topological polar surface area (TPSA) is 98.1 Å². The number of nitrogens with one attached hydrogen (secondary N) is 1. The molecule has 0 bridgehead atoms. The van der Waals surface area contributed by atoms with Crippen molar-refractivity contribution in [1.82, 2.24) is 29.6 Å². The van der Waals surface area contributed by atoms with Crippen molar-refractivity contribution in [3.05, 3.63) is 61.1 Å². The standard InChI is InChI=1S/C19H21N7O2/c27-19(24-16-5-6-18(22-10-16)26-14-21-13-23-26)25(12-17-4-2-8-28-17)11-15-3-1-7-20-9-15/h1,3,5-7,9-10,13-14,17H,2,4,8,11-12H2,(H,24,27)/t17-/m1/s1. The van der Waals surface area contributed by atoms with E-state index in [2.05, 4.69) is 25.4 Å². The number of pyridine rings is 2. The molecule has 9 heteroatoms. The summed E-state index contributed by atoms with van der Waals surface area (Å²) in [6.07, 6.45) is 10.2. The van der Waals surface area contributed by atoms with Crippen LogP contribution < -0.4 is 5.32 Å². The Balaban J connectivity index is 1.44. The molecule has 1 N–H and O–H groups in total. The average molecular weight is 379 g/mol. The quantitative estimate of drug-likeness (QED) is 0.705. The fourth-order valence-electron chi connectivity index (χ4n) is 3.09. The van der Waals surface area contributed by atoms with E-state index in [-0.39, 0.29) is 12.1 Å². The maximum absolute atomic E-state index is 12.9. The minimum absolute atomic E-state index is 0.0650. The molecule has 0 unspecified atom stereocenters. The predicted molar refractivity (Wildman–Crippen MR) is 102 cm³/mol. The Kier molecular flexibility index (Phi) is 5.53. The lowest BCUT2D eigenvalue weighted by Gasteiger charge is -2.25. The SMILES string of the molecule is O=C(Nc1ccc(-n2cncn2)nc1)N(Cc1cccnc1)C[C@H]1CCCO1. The van der Waals surface area contributed by atoms with Crippen molar-refractivity contribution in [3.8, 4) is 5.82 Å². The number of aromatic nitrogens is 5. The molecule has 4 heterocycles. The molecule has 1 aliphatic heterocycles. The lowest BCUT2D eigenvalue weighted by atomic mass is 10.2. The van der Waals surface area contributed by atoms with Gasteiger partial charge in [0.25, 0.3) is 0 Å². The summed E-state index contributed by atoms with van der Waals surface area (Å²) in [4.78, 5) is 27.0. The molecule has 2 amide bonds. The molecule has 4 rings (SSSR count). The molecule has 0 aromatic carbocycles. The molecule has 9 nitrogen and oxygen atoms in total. The van der Waals surface area contributed by atoms with Gasteiger partial charge in [0.15, 0.2) is 5.82 Å². The maximum Gasteiger partial charge on any atom is 0.322 e. The van der Waals surface area contributed by atoms with Gasteiger partial charge in [-0.15, -0.1) is 0 Å². The number of urea groups is 1. The van der Waals surface area contributed by atoms with E-state index in [1.807, 2.05) is 12.1 Å². The van der Waals surface area contributed by atoms with Gasteiger partial charge in [-0.25, -0.2) is 19.4 Å². The molecule has 0 aliphatic carbocycles. The third kappa shape index (κ3) is 4.49. The first-order valence-electron chi connectivity index (χ1n) is 9.15. The lowest BCUT2D eigenvalue weighted by molar-refractivity contribution is 0.0819. The minimum Gasteiger partial charge on any atom is -0.376 e. The minimum atomic E-state index is -0.199. The Morgan fingerprint density at radius 2 is 2.25 bits per heavy atom. The summed E-state index contributed by atoms with van der Waals surface area (Å²) < 4.78 is 7.27. The number of nitrogens with zero attached hydrogens (tertiary/aromatic N) is 6. The van der Waals surface area contributed by atoms with E-state index in [1.54, 1.807) is 46.6 Å². The zero-order valence-corrected chi connectivity index (χ0v) is 15.3. The van der Waals surface area contributed by atoms with Crippen LogP contribution in [-0.4, -0.2) is 54.9 Å². The lowest BCUT2D eigenvalue weighted by Crippen LogP contribution is -2.39. The van der Waals surface area contributed by atoms with Crippen LogP contribution in [0.3, 0.4) is 0 Å². The number of amides is 2. The van der Waals surface area contributed by atoms with Crippen molar-refractivity contribution in [3.63, 3.8) is 0 Å². The number of rotatable bonds is 6. The van der Waals surface area contributed by atoms with E-state index in [1.165, 1.54) is 6.33 Å². The molecule has 1 saturated heterocycles. The molecule has 0 spiro atoms. The van der Waals surface area contributed by atoms with Crippen molar-refractivity contribution >= 4 is 11.7 Å². The highest BCUT2D eigenvalue weighted by molar-refractivity contribution is 5.89. The summed E-state index contributed by atoms with van der Waals surface area (Å²) in [5.41, 5.74) is 1.58. The van der Waals surface area contributed by atoms with Gasteiger partial charge < -0.3 is 15.0 Å². The van der Waals surface area contributed by atoms with Gasteiger partial charge >= 0.3 is 6.03 Å². The number of carbonyl (C=O) groups excluding carboxylic acids is 1. The Morgan fingerprint density at radius 3 is 2.93 bits per heavy atom. The molecule has 3 aromatic heterocycles. The predicted octanol–water partition coefficient (Wildman–Crippen LogP) is 2.27. The molecule has 0 saturated carbocycles. The van der Waals surface area contributed by atoms with Crippen molar-refractivity contribution in [2.75, 3.05) is 18.5 Å². The van der Waals surface area contributed by atoms with Gasteiger partial charge in [-0.1, -0.05) is 6.07 Å². The molecule has 1 atom stereocenters. The Hall–Kier alpha value is -3.33. The Morgan fingerprint density at radius 1 is 1.29 bits per heavy atom. The molecular formula is C19H21N7O2. The van der Waals surface area contributed by atoms with Crippen LogP contribution in [0.1, 0.15) is 18.4 Å². The molecule has 0 radical (unpaired) electrons. The molecule has 144 valence electrons. The highest BCUT2D eigenvalue weighted by atomic mass is 16.5. The van der Waals surface area contributed by atoms with E-state index < -0.39 is 0 Å². The second kappa shape index (κ2) is 8.57. The van der Waals surface area contributed by atoms with Crippen molar-refractivity contribution in [2.45, 2.75) is 25.5 Å². The summed E-state index contributed by atoms with van der Waals surface area (Å²) in [7, 11) is 0. The van der Waals surface area contributed by atoms with E-state index in [9.17, 15) is 4.79 Å². The van der Waals surface area contributed by atoms with Crippen molar-refractivity contribution in [1.29, 1.82) is 0 Å². The number of anilines is 1. The molecule has 28 heavy (non-hydrogen) atoms. The third-order valence-electron chi connectivity index (χ3n) is 4.48. The van der Waals surface area contributed by atoms with Gasteiger partial charge in [0.2, 0.25) is 0 Å². The maximum atomic E-state index is 12.9. The normalized spacial score (nSPS) is 16.1. The van der Waals surface area contributed by atoms with Crippen LogP contribution in [0.2, 0.25) is 0 Å². The van der Waals surface area contributed by atoms with Gasteiger partial charge in [-0.3, -0.25) is 4.98 Å². The number of hydrogen-bond donors (Lipinski definition) is 1. The highest BCUT2D eigenvalue weighted by Gasteiger charge is 2.23. The van der Waals surface area contributed by atoms with Crippen LogP contribution >= 0.6 is 0 Å². The summed E-state index contributed by atoms with van der Waals surface area (Å²) >= 11 is 0. The molecule has 3 aromatic rings. The van der Waals surface area contributed by atoms with Crippen LogP contribution in [0.15, 0.2) is 55.5 Å². The van der Waals surface area contributed by atoms with Gasteiger partial charge in [0.05, 0.1) is 18.0 Å². The summed E-state index contributed by atoms with van der Waals surface area (Å²) in [6, 6.07) is 7.18. The smallest absolute Gasteiger partial charge is 0.322 e. The molecular weight excluding hydrogens is 358 g/mol. The molecule has 1 aliphatic rings. The third-order valence-corrected chi connectivity index (χ3v) is 4.48. The second-order valence-electron chi connectivity index (χ2n) is 6.55. The van der Waals surface area contributed by atoms with E-state index in [4.69, 9.17) is 4.74 Å². The molecule has 1 fully saturated rings. The van der Waals surface area contributed by atoms with Crippen LogP contribution in [0.4, 0.5) is 10.5 Å². The summed E-state index contributed by atoms with van der Waals surface area (Å²) in [6.45, 7) is 1.75. The first-order valence-corrected chi connectivity index (χ1v) is 9.15. The monoisotopic (exact) mass is 379 g/mol. The van der Waals surface area contributed by atoms with Crippen LogP contribution in [0.25, 0.3) is 5.82 Å². The van der Waals surface area contributed by atoms with E-state index in [0.717, 1.165) is 25.0 Å². The largest absolute Gasteiger partial charge is 0.376 e. The van der Waals surface area contributed by atoms with Crippen LogP contribution in [0.5, 0.6) is 0 Å². The fraction of sp³-hybridized carbons (Fsp3) is 0.316. The fourth-order valence-corrected chi connectivity index (χ4v) is 3.09. The van der Waals surface area contributed by atoms with Crippen molar-refractivity contribution in [2.24, 2.45) is 0 Å². The zero-order chi connectivity index (χ0) is 19.2. The van der Waals surface area contributed by atoms with Crippen LogP contribution in [0, 0.1) is 0 Å². The second-order valence-corrected chi connectivity index (χ2v) is 6.55. The van der Waals surface area contributed by atoms with Crippen LogP contribution in [-0.2, 0) is 11.3 Å². The van der Waals surface area contributed by atoms with E-state index >= 15 is 0 Å². The summed E-state index contributed by atoms with van der Waals surface area (Å²) in [5.74, 6) is 0.627. The Bertz CT molecular complexity index is 878. The highest BCUT2D eigenvalue weighted by Crippen LogP contribution is 2.17. The summed E-state index contributed by atoms with van der Waals surface area (Å²) in [5, 5.41) is 6.95. The van der Waals surface area contributed by atoms with Gasteiger partial charge in [-0.2, -0.15) is 5.10 Å². The number of hydrogen-bond acceptors (Lipinski definition) is 6.